The Morgan fingerprint density at radius 1 is 1.45 bits per heavy atom. The van der Waals surface area contributed by atoms with Crippen molar-refractivity contribution in [1.82, 2.24) is 15.5 Å². The lowest BCUT2D eigenvalue weighted by atomic mass is 10.2. The summed E-state index contributed by atoms with van der Waals surface area (Å²) in [6.07, 6.45) is 2.38. The lowest BCUT2D eigenvalue weighted by molar-refractivity contribution is -0.0174. The second kappa shape index (κ2) is 11.6. The van der Waals surface area contributed by atoms with E-state index in [9.17, 15) is 0 Å². The minimum atomic E-state index is 0. The van der Waals surface area contributed by atoms with Crippen LogP contribution in [0.2, 0.25) is 0 Å². The van der Waals surface area contributed by atoms with E-state index in [4.69, 9.17) is 4.74 Å². The number of aliphatic imine (C=N–C) groups is 1. The molecule has 2 unspecified atom stereocenters. The average molecular weight is 398 g/mol. The first-order valence-corrected chi connectivity index (χ1v) is 7.47. The molecule has 1 aliphatic rings. The molecular formula is C14H31IN4O. The van der Waals surface area contributed by atoms with E-state index in [-0.39, 0.29) is 24.0 Å². The molecule has 0 bridgehead atoms. The summed E-state index contributed by atoms with van der Waals surface area (Å²) >= 11 is 0. The Morgan fingerprint density at radius 3 is 2.80 bits per heavy atom. The van der Waals surface area contributed by atoms with E-state index in [2.05, 4.69) is 41.3 Å². The molecule has 0 aromatic heterocycles. The molecule has 0 aliphatic carbocycles. The van der Waals surface area contributed by atoms with Gasteiger partial charge in [-0.05, 0) is 20.3 Å². The van der Waals surface area contributed by atoms with Crippen molar-refractivity contribution in [3.8, 4) is 0 Å². The quantitative estimate of drug-likeness (QED) is 0.309. The van der Waals surface area contributed by atoms with E-state index in [1.165, 1.54) is 12.8 Å². The first kappa shape index (κ1) is 19.9. The Morgan fingerprint density at radius 2 is 2.20 bits per heavy atom. The van der Waals surface area contributed by atoms with Crippen LogP contribution >= 0.6 is 24.0 Å². The lowest BCUT2D eigenvalue weighted by Gasteiger charge is -2.38. The molecule has 0 spiro atoms. The summed E-state index contributed by atoms with van der Waals surface area (Å²) in [4.78, 5) is 6.74. The van der Waals surface area contributed by atoms with Gasteiger partial charge in [0.05, 0.1) is 13.2 Å². The summed E-state index contributed by atoms with van der Waals surface area (Å²) in [6.45, 7) is 11.3. The van der Waals surface area contributed by atoms with Crippen LogP contribution in [-0.4, -0.2) is 62.8 Å². The van der Waals surface area contributed by atoms with Gasteiger partial charge in [-0.25, -0.2) is 0 Å². The largest absolute Gasteiger partial charge is 0.379 e. The maximum Gasteiger partial charge on any atom is 0.191 e. The molecule has 0 amide bonds. The number of halogens is 1. The zero-order valence-corrected chi connectivity index (χ0v) is 15.6. The highest BCUT2D eigenvalue weighted by molar-refractivity contribution is 14.0. The van der Waals surface area contributed by atoms with Gasteiger partial charge in [-0.3, -0.25) is 9.89 Å². The third-order valence-electron chi connectivity index (χ3n) is 3.60. The van der Waals surface area contributed by atoms with Crippen LogP contribution in [0.3, 0.4) is 0 Å². The van der Waals surface area contributed by atoms with Crippen LogP contribution in [0.4, 0.5) is 0 Å². The van der Waals surface area contributed by atoms with E-state index >= 15 is 0 Å². The summed E-state index contributed by atoms with van der Waals surface area (Å²) in [6, 6.07) is 0.990. The van der Waals surface area contributed by atoms with Crippen LogP contribution in [0.25, 0.3) is 0 Å². The molecule has 5 nitrogen and oxygen atoms in total. The second-order valence-electron chi connectivity index (χ2n) is 5.24. The summed E-state index contributed by atoms with van der Waals surface area (Å²) in [5.41, 5.74) is 0. The van der Waals surface area contributed by atoms with Crippen molar-refractivity contribution in [2.24, 2.45) is 4.99 Å². The Hall–Kier alpha value is -0.0800. The van der Waals surface area contributed by atoms with Gasteiger partial charge in [0.25, 0.3) is 0 Å². The van der Waals surface area contributed by atoms with Crippen molar-refractivity contribution in [3.63, 3.8) is 0 Å². The molecule has 0 saturated carbocycles. The highest BCUT2D eigenvalue weighted by atomic mass is 127. The molecule has 1 saturated heterocycles. The van der Waals surface area contributed by atoms with Gasteiger partial charge in [0.1, 0.15) is 0 Å². The maximum absolute atomic E-state index is 5.48. The fourth-order valence-electron chi connectivity index (χ4n) is 2.36. The first-order chi connectivity index (χ1) is 9.19. The first-order valence-electron chi connectivity index (χ1n) is 7.47. The van der Waals surface area contributed by atoms with Crippen LogP contribution in [0.5, 0.6) is 0 Å². The Bertz CT molecular complexity index is 276. The van der Waals surface area contributed by atoms with Gasteiger partial charge in [0.2, 0.25) is 0 Å². The van der Waals surface area contributed by atoms with Crippen molar-refractivity contribution in [2.45, 2.75) is 45.7 Å². The molecular weight excluding hydrogens is 367 g/mol. The fourth-order valence-corrected chi connectivity index (χ4v) is 2.36. The SMILES string of the molecule is CCCCNC(=NC)NCC(C)N1CCOCC1C.I. The molecule has 2 atom stereocenters. The molecule has 1 rings (SSSR count). The van der Waals surface area contributed by atoms with Crippen LogP contribution in [-0.2, 0) is 4.74 Å². The van der Waals surface area contributed by atoms with Crippen molar-refractivity contribution in [1.29, 1.82) is 0 Å². The molecule has 1 fully saturated rings. The van der Waals surface area contributed by atoms with Gasteiger partial charge in [-0.15, -0.1) is 24.0 Å². The predicted molar refractivity (Wildman–Crippen MR) is 96.1 cm³/mol. The molecule has 120 valence electrons. The monoisotopic (exact) mass is 398 g/mol. The Balaban J connectivity index is 0.00000361. The third-order valence-corrected chi connectivity index (χ3v) is 3.60. The van der Waals surface area contributed by atoms with E-state index in [0.29, 0.717) is 12.1 Å². The van der Waals surface area contributed by atoms with Gasteiger partial charge in [-0.1, -0.05) is 13.3 Å². The number of hydrogen-bond donors (Lipinski definition) is 2. The zero-order chi connectivity index (χ0) is 14.1. The van der Waals surface area contributed by atoms with Crippen molar-refractivity contribution in [3.05, 3.63) is 0 Å². The number of nitrogens with zero attached hydrogens (tertiary/aromatic N) is 2. The Labute approximate surface area is 140 Å². The minimum Gasteiger partial charge on any atom is -0.379 e. The van der Waals surface area contributed by atoms with E-state index in [1.807, 2.05) is 7.05 Å². The normalized spacial score (nSPS) is 22.0. The summed E-state index contributed by atoms with van der Waals surface area (Å²) < 4.78 is 5.48. The molecule has 1 aliphatic heterocycles. The van der Waals surface area contributed by atoms with Gasteiger partial charge in [0, 0.05) is 38.8 Å². The molecule has 0 radical (unpaired) electrons. The van der Waals surface area contributed by atoms with Crippen LogP contribution in [0, 0.1) is 0 Å². The van der Waals surface area contributed by atoms with Crippen LogP contribution in [0.15, 0.2) is 4.99 Å². The number of ether oxygens (including phenoxy) is 1. The van der Waals surface area contributed by atoms with Gasteiger partial charge in [-0.2, -0.15) is 0 Å². The molecule has 0 aromatic carbocycles. The molecule has 1 heterocycles. The molecule has 6 heteroatoms. The van der Waals surface area contributed by atoms with E-state index in [0.717, 1.165) is 38.8 Å². The van der Waals surface area contributed by atoms with E-state index in [1.54, 1.807) is 0 Å². The van der Waals surface area contributed by atoms with Crippen LogP contribution < -0.4 is 10.6 Å². The topological polar surface area (TPSA) is 48.9 Å². The van der Waals surface area contributed by atoms with Gasteiger partial charge in [0.15, 0.2) is 5.96 Å². The number of guanidine groups is 1. The van der Waals surface area contributed by atoms with Gasteiger partial charge < -0.3 is 15.4 Å². The maximum atomic E-state index is 5.48. The number of morpholine rings is 1. The standard InChI is InChI=1S/C14H30N4O.HI/c1-5-6-7-16-14(15-4)17-10-12(2)18-8-9-19-11-13(18)3;/h12-13H,5-11H2,1-4H3,(H2,15,16,17);1H. The zero-order valence-electron chi connectivity index (χ0n) is 13.3. The van der Waals surface area contributed by atoms with E-state index < -0.39 is 0 Å². The number of hydrogen-bond acceptors (Lipinski definition) is 3. The summed E-state index contributed by atoms with van der Waals surface area (Å²) in [7, 11) is 1.82. The summed E-state index contributed by atoms with van der Waals surface area (Å²) in [5, 5.41) is 6.74. The predicted octanol–water partition coefficient (Wildman–Crippen LogP) is 1.68. The summed E-state index contributed by atoms with van der Waals surface area (Å²) in [5.74, 6) is 0.904. The second-order valence-corrected chi connectivity index (χ2v) is 5.24. The average Bonchev–Trinajstić information content (AvgIpc) is 2.43. The molecule has 20 heavy (non-hydrogen) atoms. The molecule has 2 N–H and O–H groups in total. The smallest absolute Gasteiger partial charge is 0.191 e. The van der Waals surface area contributed by atoms with Gasteiger partial charge >= 0.3 is 0 Å². The highest BCUT2D eigenvalue weighted by Crippen LogP contribution is 2.09. The molecule has 0 aromatic rings. The van der Waals surface area contributed by atoms with Crippen LogP contribution in [0.1, 0.15) is 33.6 Å². The fraction of sp³-hybridized carbons (Fsp3) is 0.929. The number of rotatable bonds is 6. The lowest BCUT2D eigenvalue weighted by Crippen LogP contribution is -2.53. The Kier molecular flexibility index (Phi) is 11.5. The number of unbranched alkanes of at least 4 members (excludes halogenated alkanes) is 1. The van der Waals surface area contributed by atoms with Crippen molar-refractivity contribution >= 4 is 29.9 Å². The minimum absolute atomic E-state index is 0. The van der Waals surface area contributed by atoms with Crippen molar-refractivity contribution in [2.75, 3.05) is 39.9 Å². The highest BCUT2D eigenvalue weighted by Gasteiger charge is 2.23. The van der Waals surface area contributed by atoms with Crippen molar-refractivity contribution < 1.29 is 4.74 Å². The number of nitrogens with one attached hydrogen (secondary N) is 2. The third kappa shape index (κ3) is 7.08.